The maximum absolute atomic E-state index is 12.9. The van der Waals surface area contributed by atoms with E-state index in [4.69, 9.17) is 9.47 Å². The number of aliphatic imine (C=N–C) groups is 1. The Morgan fingerprint density at radius 1 is 1.38 bits per heavy atom. The summed E-state index contributed by atoms with van der Waals surface area (Å²) < 4.78 is 13.5. The highest BCUT2D eigenvalue weighted by atomic mass is 16.6. The predicted molar refractivity (Wildman–Crippen MR) is 113 cm³/mol. The zero-order valence-corrected chi connectivity index (χ0v) is 18.9. The highest BCUT2D eigenvalue weighted by molar-refractivity contribution is 5.80. The van der Waals surface area contributed by atoms with Crippen LogP contribution in [-0.4, -0.2) is 63.3 Å². The minimum Gasteiger partial charge on any atom is -0.444 e. The van der Waals surface area contributed by atoms with Crippen LogP contribution in [0.1, 0.15) is 54.2 Å². The van der Waals surface area contributed by atoms with Crippen LogP contribution in [-0.2, 0) is 23.1 Å². The van der Waals surface area contributed by atoms with Crippen LogP contribution in [0.2, 0.25) is 0 Å². The number of guanidine groups is 1. The summed E-state index contributed by atoms with van der Waals surface area (Å²) in [6, 6.07) is 1.74. The fraction of sp³-hybridized carbons (Fsp3) is 0.750. The van der Waals surface area contributed by atoms with Crippen molar-refractivity contribution < 1.29 is 14.3 Å². The molecule has 1 aromatic heterocycles. The standard InChI is InChI=1S/C20H36N6O3/c1-9-21-17(22-12-15-10-11-24-25(15)8)23-13-16-14(2)28-20(6,7)26(16)18(27)29-19(3,4)5/h10-11,14,16H,9,12-13H2,1-8H3,(H2,21,22,23). The summed E-state index contributed by atoms with van der Waals surface area (Å²) in [6.45, 7) is 15.1. The van der Waals surface area contributed by atoms with E-state index in [1.54, 1.807) is 15.8 Å². The molecular formula is C20H36N6O3. The summed E-state index contributed by atoms with van der Waals surface area (Å²) in [5, 5.41) is 10.7. The molecule has 1 aliphatic heterocycles. The zero-order chi connectivity index (χ0) is 21.8. The Morgan fingerprint density at radius 3 is 2.62 bits per heavy atom. The quantitative estimate of drug-likeness (QED) is 0.573. The van der Waals surface area contributed by atoms with Crippen LogP contribution in [0.25, 0.3) is 0 Å². The van der Waals surface area contributed by atoms with Crippen LogP contribution < -0.4 is 10.6 Å². The van der Waals surface area contributed by atoms with Crippen molar-refractivity contribution >= 4 is 12.1 Å². The van der Waals surface area contributed by atoms with E-state index in [9.17, 15) is 4.79 Å². The van der Waals surface area contributed by atoms with Crippen LogP contribution in [0, 0.1) is 0 Å². The molecule has 2 rings (SSSR count). The molecule has 0 bridgehead atoms. The zero-order valence-electron chi connectivity index (χ0n) is 18.9. The highest BCUT2D eigenvalue weighted by Gasteiger charge is 2.49. The van der Waals surface area contributed by atoms with E-state index >= 15 is 0 Å². The molecule has 0 aromatic carbocycles. The molecule has 1 fully saturated rings. The number of carbonyl (C=O) groups is 1. The molecule has 2 atom stereocenters. The van der Waals surface area contributed by atoms with E-state index in [1.165, 1.54) is 0 Å². The Kier molecular flexibility index (Phi) is 7.15. The van der Waals surface area contributed by atoms with Gasteiger partial charge in [0.25, 0.3) is 0 Å². The second-order valence-corrected chi connectivity index (χ2v) is 8.71. The first-order valence-electron chi connectivity index (χ1n) is 10.1. The van der Waals surface area contributed by atoms with Crippen molar-refractivity contribution in [3.8, 4) is 0 Å². The molecule has 9 heteroatoms. The second kappa shape index (κ2) is 9.02. The van der Waals surface area contributed by atoms with E-state index in [0.717, 1.165) is 12.2 Å². The van der Waals surface area contributed by atoms with Gasteiger partial charge in [-0.1, -0.05) is 0 Å². The van der Waals surface area contributed by atoms with Crippen molar-refractivity contribution in [1.82, 2.24) is 25.3 Å². The third-order valence-electron chi connectivity index (χ3n) is 4.66. The average Bonchev–Trinajstić information content (AvgIpc) is 3.07. The monoisotopic (exact) mass is 408 g/mol. The number of aryl methyl sites for hydroxylation is 1. The minimum atomic E-state index is -0.752. The minimum absolute atomic E-state index is 0.148. The van der Waals surface area contributed by atoms with Gasteiger partial charge in [-0.3, -0.25) is 9.58 Å². The van der Waals surface area contributed by atoms with Crippen LogP contribution in [0.15, 0.2) is 17.3 Å². The molecule has 1 aliphatic rings. The molecule has 29 heavy (non-hydrogen) atoms. The maximum atomic E-state index is 12.9. The van der Waals surface area contributed by atoms with Crippen LogP contribution in [0.5, 0.6) is 0 Å². The molecule has 9 nitrogen and oxygen atoms in total. The summed E-state index contributed by atoms with van der Waals surface area (Å²) >= 11 is 0. The largest absolute Gasteiger partial charge is 0.444 e. The van der Waals surface area contributed by atoms with Gasteiger partial charge in [-0.25, -0.2) is 9.79 Å². The number of hydrogen-bond acceptors (Lipinski definition) is 5. The normalized spacial score (nSPS) is 21.9. The van der Waals surface area contributed by atoms with Crippen molar-refractivity contribution in [1.29, 1.82) is 0 Å². The first kappa shape index (κ1) is 23.0. The van der Waals surface area contributed by atoms with Gasteiger partial charge in [0.05, 0.1) is 24.4 Å². The molecule has 164 valence electrons. The molecule has 2 N–H and O–H groups in total. The van der Waals surface area contributed by atoms with Crippen molar-refractivity contribution in [3.05, 3.63) is 18.0 Å². The van der Waals surface area contributed by atoms with E-state index in [1.807, 2.05) is 61.6 Å². The van der Waals surface area contributed by atoms with Gasteiger partial charge in [0, 0.05) is 26.3 Å². The lowest BCUT2D eigenvalue weighted by atomic mass is 10.1. The second-order valence-electron chi connectivity index (χ2n) is 8.71. The average molecular weight is 409 g/mol. The smallest absolute Gasteiger partial charge is 0.412 e. The van der Waals surface area contributed by atoms with Crippen molar-refractivity contribution in [2.45, 2.75) is 78.5 Å². The highest BCUT2D eigenvalue weighted by Crippen LogP contribution is 2.33. The fourth-order valence-electron chi connectivity index (χ4n) is 3.38. The summed E-state index contributed by atoms with van der Waals surface area (Å²) in [5.74, 6) is 0.676. The molecule has 0 saturated carbocycles. The SMILES string of the molecule is CCNC(=NCc1ccnn1C)NCC1C(C)OC(C)(C)N1C(=O)OC(C)(C)C. The Labute approximate surface area is 173 Å². The summed E-state index contributed by atoms with van der Waals surface area (Å²) in [4.78, 5) is 19.2. The number of carbonyl (C=O) groups excluding carboxylic acids is 1. The van der Waals surface area contributed by atoms with Gasteiger partial charge < -0.3 is 20.1 Å². The Balaban J connectivity index is 2.11. The first-order valence-corrected chi connectivity index (χ1v) is 10.1. The molecular weight excluding hydrogens is 372 g/mol. The van der Waals surface area contributed by atoms with Crippen LogP contribution >= 0.6 is 0 Å². The topological polar surface area (TPSA) is 93.0 Å². The van der Waals surface area contributed by atoms with Gasteiger partial charge in [-0.05, 0) is 54.5 Å². The first-order chi connectivity index (χ1) is 13.4. The molecule has 2 heterocycles. The Hall–Kier alpha value is -2.29. The van der Waals surface area contributed by atoms with E-state index in [0.29, 0.717) is 19.0 Å². The van der Waals surface area contributed by atoms with Gasteiger partial charge in [0.1, 0.15) is 11.3 Å². The lowest BCUT2D eigenvalue weighted by Gasteiger charge is -2.35. The van der Waals surface area contributed by atoms with Crippen molar-refractivity contribution in [3.63, 3.8) is 0 Å². The van der Waals surface area contributed by atoms with E-state index in [2.05, 4.69) is 20.7 Å². The van der Waals surface area contributed by atoms with Gasteiger partial charge in [-0.15, -0.1) is 0 Å². The summed E-state index contributed by atoms with van der Waals surface area (Å²) in [6.07, 6.45) is 1.23. The van der Waals surface area contributed by atoms with Crippen LogP contribution in [0.4, 0.5) is 4.79 Å². The number of nitrogens with zero attached hydrogens (tertiary/aromatic N) is 4. The fourth-order valence-corrected chi connectivity index (χ4v) is 3.38. The Bertz CT molecular complexity index is 722. The molecule has 1 aromatic rings. The number of nitrogens with one attached hydrogen (secondary N) is 2. The number of hydrogen-bond donors (Lipinski definition) is 2. The third-order valence-corrected chi connectivity index (χ3v) is 4.66. The third kappa shape index (κ3) is 6.09. The van der Waals surface area contributed by atoms with Gasteiger partial charge >= 0.3 is 6.09 Å². The number of ether oxygens (including phenoxy) is 2. The van der Waals surface area contributed by atoms with Crippen LogP contribution in [0.3, 0.4) is 0 Å². The lowest BCUT2D eigenvalue weighted by Crippen LogP contribution is -2.54. The molecule has 0 spiro atoms. The van der Waals surface area contributed by atoms with Gasteiger partial charge in [-0.2, -0.15) is 5.10 Å². The van der Waals surface area contributed by atoms with E-state index in [-0.39, 0.29) is 18.2 Å². The molecule has 1 amide bonds. The molecule has 2 unspecified atom stereocenters. The molecule has 0 aliphatic carbocycles. The van der Waals surface area contributed by atoms with E-state index < -0.39 is 11.3 Å². The van der Waals surface area contributed by atoms with Gasteiger partial charge in [0.2, 0.25) is 0 Å². The van der Waals surface area contributed by atoms with Crippen molar-refractivity contribution in [2.24, 2.45) is 12.0 Å². The maximum Gasteiger partial charge on any atom is 0.412 e. The Morgan fingerprint density at radius 2 is 2.07 bits per heavy atom. The van der Waals surface area contributed by atoms with Gasteiger partial charge in [0.15, 0.2) is 5.96 Å². The number of amides is 1. The predicted octanol–water partition coefficient (Wildman–Crippen LogP) is 2.24. The summed E-state index contributed by atoms with van der Waals surface area (Å²) in [5.41, 5.74) is -0.314. The molecule has 1 saturated heterocycles. The number of aromatic nitrogens is 2. The number of rotatable bonds is 5. The summed E-state index contributed by atoms with van der Waals surface area (Å²) in [7, 11) is 1.89. The molecule has 0 radical (unpaired) electrons. The van der Waals surface area contributed by atoms with Crippen molar-refractivity contribution in [2.75, 3.05) is 13.1 Å². The lowest BCUT2D eigenvalue weighted by molar-refractivity contribution is -0.0755.